The number of nitrogens with one attached hydrogen (secondary N) is 3. The molecular formula is C18H29N5O10S. The van der Waals surface area contributed by atoms with E-state index in [0.717, 1.165) is 0 Å². The summed E-state index contributed by atoms with van der Waals surface area (Å²) in [6, 6.07) is -5.98. The van der Waals surface area contributed by atoms with E-state index >= 15 is 0 Å². The van der Waals surface area contributed by atoms with Crippen LogP contribution in [0, 0.1) is 0 Å². The van der Waals surface area contributed by atoms with Gasteiger partial charge in [0.05, 0.1) is 18.9 Å². The molecule has 0 aromatic heterocycles. The Kier molecular flexibility index (Phi) is 13.9. The van der Waals surface area contributed by atoms with Crippen molar-refractivity contribution in [2.75, 3.05) is 12.0 Å². The number of carbonyl (C=O) groups is 7. The van der Waals surface area contributed by atoms with Crippen molar-refractivity contribution in [3.8, 4) is 0 Å². The van der Waals surface area contributed by atoms with Crippen LogP contribution in [-0.2, 0) is 33.6 Å². The largest absolute Gasteiger partial charge is 0.481 e. The molecule has 0 spiro atoms. The van der Waals surface area contributed by atoms with Crippen molar-refractivity contribution in [2.24, 2.45) is 11.5 Å². The zero-order valence-corrected chi connectivity index (χ0v) is 19.1. The van der Waals surface area contributed by atoms with E-state index in [4.69, 9.17) is 26.8 Å². The van der Waals surface area contributed by atoms with Crippen LogP contribution in [0.15, 0.2) is 0 Å². The Morgan fingerprint density at radius 2 is 1.29 bits per heavy atom. The Hall–Kier alpha value is -3.40. The van der Waals surface area contributed by atoms with Gasteiger partial charge in [-0.05, 0) is 24.9 Å². The second kappa shape index (κ2) is 15.4. The lowest BCUT2D eigenvalue weighted by atomic mass is 10.1. The maximum Gasteiger partial charge on any atom is 0.326 e. The number of nitrogens with two attached hydrogens (primary N) is 2. The lowest BCUT2D eigenvalue weighted by Crippen LogP contribution is -2.57. The fourth-order valence-corrected chi connectivity index (χ4v) is 2.99. The summed E-state index contributed by atoms with van der Waals surface area (Å²) in [7, 11) is 0. The highest BCUT2D eigenvalue weighted by molar-refractivity contribution is 7.98. The number of rotatable bonds is 17. The number of thioether (sulfide) groups is 1. The molecule has 0 aromatic rings. The molecule has 10 N–H and O–H groups in total. The molecular weight excluding hydrogens is 478 g/mol. The maximum absolute atomic E-state index is 12.7. The van der Waals surface area contributed by atoms with Gasteiger partial charge in [0.25, 0.3) is 0 Å². The van der Waals surface area contributed by atoms with Crippen molar-refractivity contribution in [3.05, 3.63) is 0 Å². The molecule has 0 aromatic carbocycles. The van der Waals surface area contributed by atoms with Gasteiger partial charge in [0.15, 0.2) is 0 Å². The van der Waals surface area contributed by atoms with Gasteiger partial charge < -0.3 is 42.7 Å². The molecule has 0 heterocycles. The quantitative estimate of drug-likeness (QED) is 0.0968. The molecule has 16 heteroatoms. The third-order valence-corrected chi connectivity index (χ3v) is 4.93. The number of aliphatic carboxylic acids is 3. The average molecular weight is 508 g/mol. The summed E-state index contributed by atoms with van der Waals surface area (Å²) in [6.07, 6.45) is -0.561. The highest BCUT2D eigenvalue weighted by atomic mass is 32.2. The molecule has 0 rings (SSSR count). The van der Waals surface area contributed by atoms with Gasteiger partial charge in [0.2, 0.25) is 23.6 Å². The van der Waals surface area contributed by atoms with Gasteiger partial charge in [-0.15, -0.1) is 0 Å². The van der Waals surface area contributed by atoms with E-state index in [-0.39, 0.29) is 12.8 Å². The molecule has 0 saturated carbocycles. The summed E-state index contributed by atoms with van der Waals surface area (Å²) in [4.78, 5) is 81.5. The molecule has 0 fully saturated rings. The minimum absolute atomic E-state index is 0.00745. The normalized spacial score (nSPS) is 14.1. The van der Waals surface area contributed by atoms with Gasteiger partial charge in [0, 0.05) is 6.42 Å². The smallest absolute Gasteiger partial charge is 0.326 e. The number of carboxylic acid groups (broad SMARTS) is 3. The van der Waals surface area contributed by atoms with Crippen molar-refractivity contribution in [2.45, 2.75) is 56.3 Å². The third kappa shape index (κ3) is 12.6. The number of hydrogen-bond donors (Lipinski definition) is 8. The second-order valence-corrected chi connectivity index (χ2v) is 8.10. The van der Waals surface area contributed by atoms with Crippen LogP contribution in [0.25, 0.3) is 0 Å². The van der Waals surface area contributed by atoms with Crippen LogP contribution in [0.5, 0.6) is 0 Å². The Morgan fingerprint density at radius 1 is 0.765 bits per heavy atom. The number of carbonyl (C=O) groups excluding carboxylic acids is 4. The van der Waals surface area contributed by atoms with E-state index in [1.54, 1.807) is 6.26 Å². The average Bonchev–Trinajstić information content (AvgIpc) is 2.72. The van der Waals surface area contributed by atoms with E-state index in [2.05, 4.69) is 16.0 Å². The monoisotopic (exact) mass is 507 g/mol. The highest BCUT2D eigenvalue weighted by Crippen LogP contribution is 2.05. The van der Waals surface area contributed by atoms with E-state index in [1.165, 1.54) is 11.8 Å². The first kappa shape index (κ1) is 30.6. The highest BCUT2D eigenvalue weighted by Gasteiger charge is 2.31. The summed E-state index contributed by atoms with van der Waals surface area (Å²) in [5, 5.41) is 33.4. The molecule has 0 aliphatic carbocycles. The summed E-state index contributed by atoms with van der Waals surface area (Å²) in [6.45, 7) is 0. The van der Waals surface area contributed by atoms with Crippen LogP contribution in [0.1, 0.15) is 32.1 Å². The van der Waals surface area contributed by atoms with Crippen LogP contribution in [-0.4, -0.2) is 93.0 Å². The Bertz CT molecular complexity index is 793. The first-order valence-electron chi connectivity index (χ1n) is 9.88. The van der Waals surface area contributed by atoms with E-state index < -0.39 is 85.0 Å². The molecule has 15 nitrogen and oxygen atoms in total. The van der Waals surface area contributed by atoms with Crippen LogP contribution < -0.4 is 27.4 Å². The van der Waals surface area contributed by atoms with Crippen molar-refractivity contribution in [1.82, 2.24) is 16.0 Å². The molecule has 34 heavy (non-hydrogen) atoms. The number of hydrogen-bond acceptors (Lipinski definition) is 9. The predicted molar refractivity (Wildman–Crippen MR) is 117 cm³/mol. The van der Waals surface area contributed by atoms with Gasteiger partial charge in [0.1, 0.15) is 18.1 Å². The molecule has 4 unspecified atom stereocenters. The van der Waals surface area contributed by atoms with Crippen LogP contribution in [0.2, 0.25) is 0 Å². The summed E-state index contributed by atoms with van der Waals surface area (Å²) >= 11 is 1.30. The number of primary amides is 1. The predicted octanol–water partition coefficient (Wildman–Crippen LogP) is -3.18. The van der Waals surface area contributed by atoms with Gasteiger partial charge >= 0.3 is 17.9 Å². The second-order valence-electron chi connectivity index (χ2n) is 7.11. The zero-order valence-electron chi connectivity index (χ0n) is 18.3. The molecule has 4 amide bonds. The molecule has 0 aliphatic heterocycles. The third-order valence-electron chi connectivity index (χ3n) is 4.28. The molecule has 0 aliphatic rings. The van der Waals surface area contributed by atoms with Crippen molar-refractivity contribution in [3.63, 3.8) is 0 Å². The molecule has 192 valence electrons. The summed E-state index contributed by atoms with van der Waals surface area (Å²) in [5.74, 6) is -7.85. The fourth-order valence-electron chi connectivity index (χ4n) is 2.52. The topological polar surface area (TPSA) is 268 Å². The standard InChI is InChI=1S/C18H29N5O10S/c1-34-5-4-9(16(30)23-11(18(32)33)6-12(20)24)21-17(31)10(7-14(27)28)22-15(29)8(19)2-3-13(25)26/h8-11H,2-7,19H2,1H3,(H2,20,24)(H,21,31)(H,22,29)(H,23,30)(H,25,26)(H,27,28)(H,32,33). The summed E-state index contributed by atoms with van der Waals surface area (Å²) < 4.78 is 0. The first-order chi connectivity index (χ1) is 15.8. The van der Waals surface area contributed by atoms with Gasteiger partial charge in [-0.25, -0.2) is 4.79 Å². The Morgan fingerprint density at radius 3 is 1.76 bits per heavy atom. The number of carboxylic acids is 3. The summed E-state index contributed by atoms with van der Waals surface area (Å²) in [5.41, 5.74) is 10.5. The Balaban J connectivity index is 5.47. The van der Waals surface area contributed by atoms with Gasteiger partial charge in [-0.2, -0.15) is 11.8 Å². The van der Waals surface area contributed by atoms with Crippen molar-refractivity contribution < 1.29 is 48.9 Å². The molecule has 0 radical (unpaired) electrons. The zero-order chi connectivity index (χ0) is 26.4. The number of amides is 4. The van der Waals surface area contributed by atoms with Crippen molar-refractivity contribution in [1.29, 1.82) is 0 Å². The SMILES string of the molecule is CSCCC(NC(=O)C(CC(=O)O)NC(=O)C(N)CCC(=O)O)C(=O)NC(CC(N)=O)C(=O)O. The minimum atomic E-state index is -1.66. The van der Waals surface area contributed by atoms with E-state index in [9.17, 15) is 33.6 Å². The molecule has 4 atom stereocenters. The van der Waals surface area contributed by atoms with Crippen molar-refractivity contribution >= 4 is 53.3 Å². The lowest BCUT2D eigenvalue weighted by Gasteiger charge is -2.24. The fraction of sp³-hybridized carbons (Fsp3) is 0.611. The van der Waals surface area contributed by atoms with Crippen LogP contribution in [0.4, 0.5) is 0 Å². The molecule has 0 saturated heterocycles. The van der Waals surface area contributed by atoms with Crippen LogP contribution >= 0.6 is 11.8 Å². The minimum Gasteiger partial charge on any atom is -0.481 e. The molecule has 0 bridgehead atoms. The first-order valence-corrected chi connectivity index (χ1v) is 11.3. The van der Waals surface area contributed by atoms with Gasteiger partial charge in [-0.1, -0.05) is 0 Å². The maximum atomic E-state index is 12.7. The van der Waals surface area contributed by atoms with Crippen LogP contribution in [0.3, 0.4) is 0 Å². The van der Waals surface area contributed by atoms with E-state index in [1.807, 2.05) is 0 Å². The van der Waals surface area contributed by atoms with Gasteiger partial charge in [-0.3, -0.25) is 28.8 Å². The van der Waals surface area contributed by atoms with E-state index in [0.29, 0.717) is 5.75 Å². The Labute approximate surface area is 198 Å². The lowest BCUT2D eigenvalue weighted by molar-refractivity contribution is -0.144.